The summed E-state index contributed by atoms with van der Waals surface area (Å²) in [6.07, 6.45) is 0. The minimum Gasteiger partial charge on any atom is -0.486 e. The molecule has 6 nitrogen and oxygen atoms in total. The first-order valence-corrected chi connectivity index (χ1v) is 11.4. The minimum atomic E-state index is -3.91. The van der Waals surface area contributed by atoms with Crippen LogP contribution in [-0.2, 0) is 10.0 Å². The molecular weight excluding hydrogens is 470 g/mol. The second-order valence-electron chi connectivity index (χ2n) is 6.80. The average molecular weight is 488 g/mol. The van der Waals surface area contributed by atoms with E-state index in [4.69, 9.17) is 9.47 Å². The fourth-order valence-corrected chi connectivity index (χ4v) is 4.37. The number of aryl methyl sites for hydroxylation is 1. The molecule has 0 spiro atoms. The van der Waals surface area contributed by atoms with Crippen LogP contribution in [0.25, 0.3) is 0 Å². The lowest BCUT2D eigenvalue weighted by Crippen LogP contribution is -2.19. The molecule has 0 saturated carbocycles. The van der Waals surface area contributed by atoms with Gasteiger partial charge in [-0.1, -0.05) is 33.6 Å². The van der Waals surface area contributed by atoms with Gasteiger partial charge in [-0.2, -0.15) is 0 Å². The Morgan fingerprint density at radius 1 is 0.933 bits per heavy atom. The van der Waals surface area contributed by atoms with E-state index in [1.807, 2.05) is 6.92 Å². The molecule has 1 aliphatic heterocycles. The van der Waals surface area contributed by atoms with Crippen molar-refractivity contribution in [1.29, 1.82) is 0 Å². The summed E-state index contributed by atoms with van der Waals surface area (Å²) in [5.41, 5.74) is 1.68. The first kappa shape index (κ1) is 20.4. The smallest absolute Gasteiger partial charge is 0.261 e. The fourth-order valence-electron chi connectivity index (χ4n) is 3.04. The number of nitrogens with one attached hydrogen (secondary N) is 1. The van der Waals surface area contributed by atoms with Crippen molar-refractivity contribution in [3.05, 3.63) is 81.8 Å². The third-order valence-electron chi connectivity index (χ3n) is 4.61. The predicted octanol–water partition coefficient (Wildman–Crippen LogP) is 4.56. The van der Waals surface area contributed by atoms with E-state index in [0.29, 0.717) is 30.3 Å². The molecular formula is C22H18BrNO5S. The number of sulfonamides is 1. The number of ketones is 1. The van der Waals surface area contributed by atoms with Crippen molar-refractivity contribution in [2.45, 2.75) is 11.8 Å². The molecule has 4 rings (SSSR count). The highest BCUT2D eigenvalue weighted by Gasteiger charge is 2.24. The monoisotopic (exact) mass is 487 g/mol. The first-order chi connectivity index (χ1) is 14.3. The standard InChI is InChI=1S/C22H18BrNO5S/c1-14-2-8-17(9-3-14)30(26,27)24-19-13-21-20(28-10-11-29-21)12-18(19)22(25)15-4-6-16(23)7-5-15/h2-9,12-13,24H,10-11H2,1H3. The quantitative estimate of drug-likeness (QED) is 0.533. The molecule has 8 heteroatoms. The van der Waals surface area contributed by atoms with Gasteiger partial charge in [0.15, 0.2) is 17.3 Å². The number of hydrogen-bond acceptors (Lipinski definition) is 5. The highest BCUT2D eigenvalue weighted by Crippen LogP contribution is 2.37. The van der Waals surface area contributed by atoms with Crippen molar-refractivity contribution in [2.24, 2.45) is 0 Å². The number of fused-ring (bicyclic) bond motifs is 1. The maximum absolute atomic E-state index is 13.2. The Bertz CT molecular complexity index is 1210. The number of halogens is 1. The number of rotatable bonds is 5. The van der Waals surface area contributed by atoms with Crippen molar-refractivity contribution in [1.82, 2.24) is 0 Å². The van der Waals surface area contributed by atoms with Gasteiger partial charge in [-0.3, -0.25) is 9.52 Å². The van der Waals surface area contributed by atoms with Gasteiger partial charge in [0.25, 0.3) is 10.0 Å². The Morgan fingerprint density at radius 2 is 1.53 bits per heavy atom. The van der Waals surface area contributed by atoms with Crippen molar-refractivity contribution in [2.75, 3.05) is 17.9 Å². The lowest BCUT2D eigenvalue weighted by atomic mass is 10.0. The molecule has 154 valence electrons. The number of hydrogen-bond donors (Lipinski definition) is 1. The van der Waals surface area contributed by atoms with Crippen LogP contribution in [0.3, 0.4) is 0 Å². The molecule has 0 unspecified atom stereocenters. The van der Waals surface area contributed by atoms with Gasteiger partial charge in [-0.05, 0) is 49.4 Å². The van der Waals surface area contributed by atoms with E-state index in [9.17, 15) is 13.2 Å². The normalized spacial score (nSPS) is 13.0. The van der Waals surface area contributed by atoms with Gasteiger partial charge >= 0.3 is 0 Å². The summed E-state index contributed by atoms with van der Waals surface area (Å²) in [4.78, 5) is 13.3. The molecule has 0 aromatic heterocycles. The molecule has 0 amide bonds. The van der Waals surface area contributed by atoms with Gasteiger partial charge in [-0.15, -0.1) is 0 Å². The van der Waals surface area contributed by atoms with E-state index >= 15 is 0 Å². The second kappa shape index (κ2) is 8.12. The second-order valence-corrected chi connectivity index (χ2v) is 9.39. The SMILES string of the molecule is Cc1ccc(S(=O)(=O)Nc2cc3c(cc2C(=O)c2ccc(Br)cc2)OCCO3)cc1. The molecule has 0 aliphatic carbocycles. The average Bonchev–Trinajstić information content (AvgIpc) is 2.73. The summed E-state index contributed by atoms with van der Waals surface area (Å²) in [6, 6.07) is 16.3. The minimum absolute atomic E-state index is 0.102. The number of ether oxygens (including phenoxy) is 2. The Hall–Kier alpha value is -2.84. The van der Waals surface area contributed by atoms with Crippen LogP contribution < -0.4 is 14.2 Å². The van der Waals surface area contributed by atoms with E-state index in [-0.39, 0.29) is 21.9 Å². The molecule has 0 atom stereocenters. The van der Waals surface area contributed by atoms with E-state index in [0.717, 1.165) is 10.0 Å². The Balaban J connectivity index is 1.78. The zero-order valence-electron chi connectivity index (χ0n) is 16.0. The summed E-state index contributed by atoms with van der Waals surface area (Å²) in [6.45, 7) is 2.57. The van der Waals surface area contributed by atoms with Crippen molar-refractivity contribution >= 4 is 37.4 Å². The van der Waals surface area contributed by atoms with Crippen LogP contribution in [0.2, 0.25) is 0 Å². The van der Waals surface area contributed by atoms with Gasteiger partial charge in [-0.25, -0.2) is 8.42 Å². The summed E-state index contributed by atoms with van der Waals surface area (Å²) in [5.74, 6) is 0.455. The summed E-state index contributed by atoms with van der Waals surface area (Å²) >= 11 is 3.35. The number of carbonyl (C=O) groups is 1. The van der Waals surface area contributed by atoms with E-state index in [1.54, 1.807) is 36.4 Å². The number of anilines is 1. The lowest BCUT2D eigenvalue weighted by Gasteiger charge is -2.21. The van der Waals surface area contributed by atoms with Crippen LogP contribution in [0, 0.1) is 6.92 Å². The topological polar surface area (TPSA) is 81.7 Å². The van der Waals surface area contributed by atoms with Crippen LogP contribution in [0.4, 0.5) is 5.69 Å². The largest absolute Gasteiger partial charge is 0.486 e. The van der Waals surface area contributed by atoms with Gasteiger partial charge in [0.1, 0.15) is 13.2 Å². The molecule has 30 heavy (non-hydrogen) atoms. The summed E-state index contributed by atoms with van der Waals surface area (Å²) in [7, 11) is -3.91. The van der Waals surface area contributed by atoms with Crippen molar-refractivity contribution in [3.63, 3.8) is 0 Å². The van der Waals surface area contributed by atoms with Gasteiger partial charge in [0.05, 0.1) is 16.1 Å². The Morgan fingerprint density at radius 3 is 2.17 bits per heavy atom. The highest BCUT2D eigenvalue weighted by molar-refractivity contribution is 9.10. The van der Waals surface area contributed by atoms with Gasteiger partial charge in [0, 0.05) is 16.1 Å². The van der Waals surface area contributed by atoms with Crippen LogP contribution >= 0.6 is 15.9 Å². The third kappa shape index (κ3) is 4.20. The molecule has 0 saturated heterocycles. The molecule has 0 fully saturated rings. The maximum Gasteiger partial charge on any atom is 0.261 e. The van der Waals surface area contributed by atoms with Gasteiger partial charge in [0.2, 0.25) is 0 Å². The molecule has 3 aromatic carbocycles. The molecule has 1 aliphatic rings. The Kier molecular flexibility index (Phi) is 5.53. The summed E-state index contributed by atoms with van der Waals surface area (Å²) < 4.78 is 40.4. The molecule has 3 aromatic rings. The number of carbonyl (C=O) groups excluding carboxylic acids is 1. The Labute approximate surface area is 183 Å². The first-order valence-electron chi connectivity index (χ1n) is 9.17. The maximum atomic E-state index is 13.2. The summed E-state index contributed by atoms with van der Waals surface area (Å²) in [5, 5.41) is 0. The fraction of sp³-hybridized carbons (Fsp3) is 0.136. The van der Waals surface area contributed by atoms with Crippen molar-refractivity contribution < 1.29 is 22.7 Å². The van der Waals surface area contributed by atoms with Crippen LogP contribution in [0.1, 0.15) is 21.5 Å². The van der Waals surface area contributed by atoms with Crippen LogP contribution in [-0.4, -0.2) is 27.4 Å². The van der Waals surface area contributed by atoms with E-state index in [1.165, 1.54) is 24.3 Å². The zero-order chi connectivity index (χ0) is 21.3. The van der Waals surface area contributed by atoms with Crippen LogP contribution in [0.5, 0.6) is 11.5 Å². The van der Waals surface area contributed by atoms with Gasteiger partial charge < -0.3 is 9.47 Å². The predicted molar refractivity (Wildman–Crippen MR) is 117 cm³/mol. The van der Waals surface area contributed by atoms with E-state index in [2.05, 4.69) is 20.7 Å². The van der Waals surface area contributed by atoms with E-state index < -0.39 is 10.0 Å². The highest BCUT2D eigenvalue weighted by atomic mass is 79.9. The zero-order valence-corrected chi connectivity index (χ0v) is 18.4. The van der Waals surface area contributed by atoms with Crippen LogP contribution in [0.15, 0.2) is 70.0 Å². The molecule has 0 radical (unpaired) electrons. The number of benzene rings is 3. The molecule has 1 heterocycles. The molecule has 0 bridgehead atoms. The van der Waals surface area contributed by atoms with Crippen molar-refractivity contribution in [3.8, 4) is 11.5 Å². The third-order valence-corrected chi connectivity index (χ3v) is 6.52. The lowest BCUT2D eigenvalue weighted by molar-refractivity contribution is 0.103. The molecule has 1 N–H and O–H groups in total.